The summed E-state index contributed by atoms with van der Waals surface area (Å²) in [6.45, 7) is 2.39. The monoisotopic (exact) mass is 250 g/mol. The van der Waals surface area contributed by atoms with Crippen molar-refractivity contribution in [2.45, 2.75) is 96.8 Å². The molecule has 0 aromatic rings. The number of rotatable bonds is 2. The van der Waals surface area contributed by atoms with Crippen molar-refractivity contribution < 1.29 is 0 Å². The summed E-state index contributed by atoms with van der Waals surface area (Å²) in [7, 11) is 0. The molecule has 0 amide bonds. The maximum absolute atomic E-state index is 2.39. The molecule has 2 rings (SSSR count). The lowest BCUT2D eigenvalue weighted by Crippen LogP contribution is -2.12. The summed E-state index contributed by atoms with van der Waals surface area (Å²) in [5.74, 6) is 3.28. The Hall–Kier alpha value is 0. The molecule has 2 unspecified atom stereocenters. The zero-order valence-electron chi connectivity index (χ0n) is 12.6. The van der Waals surface area contributed by atoms with Crippen LogP contribution < -0.4 is 0 Å². The Kier molecular flexibility index (Phi) is 6.59. The highest BCUT2D eigenvalue weighted by Crippen LogP contribution is 2.41. The fourth-order valence-electron chi connectivity index (χ4n) is 4.40. The molecule has 0 spiro atoms. The minimum absolute atomic E-state index is 1.08. The number of hydrogen-bond donors (Lipinski definition) is 0. The van der Waals surface area contributed by atoms with E-state index in [1.54, 1.807) is 25.7 Å². The molecule has 106 valence electrons. The molecule has 2 aliphatic rings. The molecule has 18 heavy (non-hydrogen) atoms. The Labute approximate surface area is 115 Å². The van der Waals surface area contributed by atoms with E-state index in [2.05, 4.69) is 6.92 Å². The molecule has 0 heteroatoms. The first-order valence-corrected chi connectivity index (χ1v) is 8.90. The van der Waals surface area contributed by atoms with Gasteiger partial charge in [0, 0.05) is 0 Å². The highest BCUT2D eigenvalue weighted by Gasteiger charge is 2.29. The van der Waals surface area contributed by atoms with Gasteiger partial charge in [-0.05, 0) is 30.6 Å². The maximum atomic E-state index is 2.39. The van der Waals surface area contributed by atoms with E-state index in [4.69, 9.17) is 0 Å². The average molecular weight is 250 g/mol. The van der Waals surface area contributed by atoms with Crippen LogP contribution in [0, 0.1) is 17.8 Å². The summed E-state index contributed by atoms with van der Waals surface area (Å²) in [6, 6.07) is 0. The van der Waals surface area contributed by atoms with Crippen LogP contribution in [0.3, 0.4) is 0 Å². The van der Waals surface area contributed by atoms with E-state index in [0.717, 1.165) is 17.8 Å². The second-order valence-corrected chi connectivity index (χ2v) is 7.01. The molecule has 2 aliphatic carbocycles. The van der Waals surface area contributed by atoms with Crippen LogP contribution in [0.4, 0.5) is 0 Å². The Morgan fingerprint density at radius 2 is 1.17 bits per heavy atom. The van der Waals surface area contributed by atoms with Crippen molar-refractivity contribution in [3.8, 4) is 0 Å². The van der Waals surface area contributed by atoms with E-state index in [0.29, 0.717) is 0 Å². The normalized spacial score (nSPS) is 33.2. The van der Waals surface area contributed by atoms with Gasteiger partial charge in [0.15, 0.2) is 0 Å². The molecule has 0 aliphatic heterocycles. The zero-order valence-corrected chi connectivity index (χ0v) is 12.6. The van der Waals surface area contributed by atoms with Crippen LogP contribution in [0.2, 0.25) is 0 Å². The molecule has 0 saturated heterocycles. The van der Waals surface area contributed by atoms with Gasteiger partial charge in [-0.1, -0.05) is 84.0 Å². The summed E-state index contributed by atoms with van der Waals surface area (Å²) >= 11 is 0. The third-order valence-electron chi connectivity index (χ3n) is 5.73. The fourth-order valence-corrected chi connectivity index (χ4v) is 4.40. The molecule has 2 fully saturated rings. The van der Waals surface area contributed by atoms with Gasteiger partial charge in [0.25, 0.3) is 0 Å². The van der Waals surface area contributed by atoms with Crippen LogP contribution in [0.1, 0.15) is 96.8 Å². The van der Waals surface area contributed by atoms with Crippen LogP contribution in [0.5, 0.6) is 0 Å². The third-order valence-corrected chi connectivity index (χ3v) is 5.73. The highest BCUT2D eigenvalue weighted by molar-refractivity contribution is 4.80. The first kappa shape index (κ1) is 14.4. The van der Waals surface area contributed by atoms with Crippen LogP contribution >= 0.6 is 0 Å². The van der Waals surface area contributed by atoms with Gasteiger partial charge in [-0.3, -0.25) is 0 Å². The smallest absolute Gasteiger partial charge is 0.0383 e. The second kappa shape index (κ2) is 8.23. The van der Waals surface area contributed by atoms with Crippen LogP contribution in [0.25, 0.3) is 0 Å². The third kappa shape index (κ3) is 4.59. The topological polar surface area (TPSA) is 0 Å². The number of hydrogen-bond acceptors (Lipinski definition) is 0. The molecule has 0 N–H and O–H groups in total. The largest absolute Gasteiger partial charge is 0.0651 e. The lowest BCUT2D eigenvalue weighted by atomic mass is 9.82. The van der Waals surface area contributed by atoms with Gasteiger partial charge in [0.1, 0.15) is 0 Å². The lowest BCUT2D eigenvalue weighted by molar-refractivity contribution is 0.276. The molecule has 0 aromatic heterocycles. The summed E-state index contributed by atoms with van der Waals surface area (Å²) < 4.78 is 0. The Morgan fingerprint density at radius 1 is 0.611 bits per heavy atom. The Bertz CT molecular complexity index is 196. The molecule has 0 bridgehead atoms. The van der Waals surface area contributed by atoms with Gasteiger partial charge in [-0.15, -0.1) is 0 Å². The first-order valence-electron chi connectivity index (χ1n) is 8.90. The molecular weight excluding hydrogens is 216 g/mol. The standard InChI is InChI=1S/C18H34/c1-2-16-13-14-18(15-16)17-11-9-7-5-3-4-6-8-10-12-17/h16-18H,2-15H2,1H3. The summed E-state index contributed by atoms with van der Waals surface area (Å²) in [5.41, 5.74) is 0. The molecule has 2 saturated carbocycles. The molecule has 0 radical (unpaired) electrons. The van der Waals surface area contributed by atoms with Crippen molar-refractivity contribution in [3.63, 3.8) is 0 Å². The van der Waals surface area contributed by atoms with Crippen LogP contribution in [-0.4, -0.2) is 0 Å². The van der Waals surface area contributed by atoms with Crippen molar-refractivity contribution >= 4 is 0 Å². The lowest BCUT2D eigenvalue weighted by Gasteiger charge is -2.24. The second-order valence-electron chi connectivity index (χ2n) is 7.01. The summed E-state index contributed by atoms with van der Waals surface area (Å²) in [4.78, 5) is 0. The van der Waals surface area contributed by atoms with E-state index in [-0.39, 0.29) is 0 Å². The van der Waals surface area contributed by atoms with Gasteiger partial charge < -0.3 is 0 Å². The van der Waals surface area contributed by atoms with Crippen LogP contribution in [-0.2, 0) is 0 Å². The van der Waals surface area contributed by atoms with E-state index >= 15 is 0 Å². The minimum Gasteiger partial charge on any atom is -0.0651 e. The van der Waals surface area contributed by atoms with Crippen molar-refractivity contribution in [2.24, 2.45) is 17.8 Å². The van der Waals surface area contributed by atoms with E-state index in [9.17, 15) is 0 Å². The Morgan fingerprint density at radius 3 is 1.67 bits per heavy atom. The molecule has 2 atom stereocenters. The van der Waals surface area contributed by atoms with Crippen molar-refractivity contribution in [2.75, 3.05) is 0 Å². The summed E-state index contributed by atoms with van der Waals surface area (Å²) in [5, 5.41) is 0. The summed E-state index contributed by atoms with van der Waals surface area (Å²) in [6.07, 6.45) is 21.3. The quantitative estimate of drug-likeness (QED) is 0.536. The van der Waals surface area contributed by atoms with Gasteiger partial charge in [-0.25, -0.2) is 0 Å². The van der Waals surface area contributed by atoms with E-state index in [1.807, 2.05) is 0 Å². The van der Waals surface area contributed by atoms with Gasteiger partial charge in [0.2, 0.25) is 0 Å². The van der Waals surface area contributed by atoms with Crippen molar-refractivity contribution in [3.05, 3.63) is 0 Å². The first-order chi connectivity index (χ1) is 8.90. The van der Waals surface area contributed by atoms with Crippen LogP contribution in [0.15, 0.2) is 0 Å². The fraction of sp³-hybridized carbons (Fsp3) is 1.00. The predicted octanol–water partition coefficient (Wildman–Crippen LogP) is 6.34. The van der Waals surface area contributed by atoms with Gasteiger partial charge in [-0.2, -0.15) is 0 Å². The Balaban J connectivity index is 1.79. The minimum atomic E-state index is 1.08. The molecule has 0 heterocycles. The highest BCUT2D eigenvalue weighted by atomic mass is 14.3. The average Bonchev–Trinajstić information content (AvgIpc) is 2.84. The molecule has 0 nitrogen and oxygen atoms in total. The maximum Gasteiger partial charge on any atom is -0.0383 e. The van der Waals surface area contributed by atoms with Gasteiger partial charge in [0.05, 0.1) is 0 Å². The van der Waals surface area contributed by atoms with Crippen molar-refractivity contribution in [1.82, 2.24) is 0 Å². The van der Waals surface area contributed by atoms with E-state index in [1.165, 1.54) is 64.2 Å². The van der Waals surface area contributed by atoms with Gasteiger partial charge >= 0.3 is 0 Å². The predicted molar refractivity (Wildman–Crippen MR) is 80.8 cm³/mol. The SMILES string of the molecule is CCC1CCC(C2CCCCCCCCCC2)C1. The zero-order chi connectivity index (χ0) is 12.6. The van der Waals surface area contributed by atoms with Crippen molar-refractivity contribution in [1.29, 1.82) is 0 Å². The van der Waals surface area contributed by atoms with E-state index < -0.39 is 0 Å². The molecular formula is C18H34. The molecule has 0 aromatic carbocycles.